The summed E-state index contributed by atoms with van der Waals surface area (Å²) < 4.78 is 20.4. The summed E-state index contributed by atoms with van der Waals surface area (Å²) >= 11 is 0. The number of nitrogens with one attached hydrogen (secondary N) is 1. The summed E-state index contributed by atoms with van der Waals surface area (Å²) in [5.41, 5.74) is 3.06. The normalized spacial score (nSPS) is 16.1. The highest BCUT2D eigenvalue weighted by atomic mass is 19.1. The van der Waals surface area contributed by atoms with Crippen molar-refractivity contribution in [3.05, 3.63) is 71.6 Å². The summed E-state index contributed by atoms with van der Waals surface area (Å²) in [5, 5.41) is 4.56. The number of H-pyrrole nitrogens is 1. The van der Waals surface area contributed by atoms with Crippen LogP contribution in [0.4, 0.5) is 10.3 Å². The number of anilines is 1. The Bertz CT molecular complexity index is 1200. The van der Waals surface area contributed by atoms with Crippen LogP contribution in [0.1, 0.15) is 33.5 Å². The summed E-state index contributed by atoms with van der Waals surface area (Å²) in [6, 6.07) is 4.31. The highest BCUT2D eigenvalue weighted by molar-refractivity contribution is 5.88. The number of esters is 1. The van der Waals surface area contributed by atoms with E-state index in [1.54, 1.807) is 24.7 Å². The summed E-state index contributed by atoms with van der Waals surface area (Å²) in [6.45, 7) is 0.605. The van der Waals surface area contributed by atoms with E-state index in [9.17, 15) is 9.18 Å². The van der Waals surface area contributed by atoms with Crippen LogP contribution in [0, 0.1) is 5.82 Å². The van der Waals surface area contributed by atoms with Crippen molar-refractivity contribution in [2.24, 2.45) is 0 Å². The molecule has 0 fully saturated rings. The highest BCUT2D eigenvalue weighted by Crippen LogP contribution is 2.35. The molecule has 5 heterocycles. The van der Waals surface area contributed by atoms with Crippen LogP contribution in [-0.2, 0) is 11.2 Å². The number of ether oxygens (including phenoxy) is 1. The van der Waals surface area contributed by atoms with Crippen molar-refractivity contribution in [1.82, 2.24) is 29.5 Å². The van der Waals surface area contributed by atoms with Gasteiger partial charge in [0.2, 0.25) is 5.95 Å². The minimum Gasteiger partial charge on any atom is -0.465 e. The zero-order chi connectivity index (χ0) is 20.0. The summed E-state index contributed by atoms with van der Waals surface area (Å²) in [6.07, 6.45) is 6.90. The molecular formula is C19H16FN7O2. The van der Waals surface area contributed by atoms with Crippen LogP contribution < -0.4 is 4.90 Å². The zero-order valence-electron chi connectivity index (χ0n) is 15.4. The monoisotopic (exact) mass is 393 g/mol. The Kier molecular flexibility index (Phi) is 3.97. The Morgan fingerprint density at radius 2 is 2.14 bits per heavy atom. The number of aromatic amines is 1. The Morgan fingerprint density at radius 3 is 2.90 bits per heavy atom. The van der Waals surface area contributed by atoms with Gasteiger partial charge in [0.25, 0.3) is 0 Å². The van der Waals surface area contributed by atoms with E-state index < -0.39 is 12.0 Å². The van der Waals surface area contributed by atoms with E-state index >= 15 is 0 Å². The molecule has 146 valence electrons. The van der Waals surface area contributed by atoms with E-state index in [1.807, 2.05) is 4.90 Å². The van der Waals surface area contributed by atoms with Crippen molar-refractivity contribution in [3.8, 4) is 0 Å². The van der Waals surface area contributed by atoms with Crippen LogP contribution >= 0.6 is 0 Å². The first-order chi connectivity index (χ1) is 14.2. The Morgan fingerprint density at radius 1 is 1.31 bits per heavy atom. The number of imidazole rings is 1. The maximum absolute atomic E-state index is 14.2. The molecule has 0 radical (unpaired) electrons. The number of carbonyl (C=O) groups is 1. The molecule has 0 saturated carbocycles. The first-order valence-electron chi connectivity index (χ1n) is 8.98. The van der Waals surface area contributed by atoms with Gasteiger partial charge in [-0.1, -0.05) is 0 Å². The number of halogens is 1. The molecule has 10 heteroatoms. The summed E-state index contributed by atoms with van der Waals surface area (Å²) in [5.74, 6) is -0.430. The van der Waals surface area contributed by atoms with Crippen LogP contribution in [-0.4, -0.2) is 49.2 Å². The van der Waals surface area contributed by atoms with E-state index in [0.29, 0.717) is 23.7 Å². The van der Waals surface area contributed by atoms with Crippen molar-refractivity contribution < 1.29 is 13.9 Å². The van der Waals surface area contributed by atoms with Crippen LogP contribution in [0.5, 0.6) is 0 Å². The molecule has 1 atom stereocenters. The van der Waals surface area contributed by atoms with Crippen LogP contribution in [0.25, 0.3) is 5.52 Å². The zero-order valence-corrected chi connectivity index (χ0v) is 15.4. The number of rotatable bonds is 3. The molecule has 4 aromatic heterocycles. The van der Waals surface area contributed by atoms with Gasteiger partial charge in [-0.05, 0) is 18.2 Å². The number of hydrogen-bond donors (Lipinski definition) is 1. The smallest absolute Gasteiger partial charge is 0.341 e. The molecule has 9 nitrogen and oxygen atoms in total. The predicted octanol–water partition coefficient (Wildman–Crippen LogP) is 1.93. The summed E-state index contributed by atoms with van der Waals surface area (Å²) in [7, 11) is 1.30. The van der Waals surface area contributed by atoms with E-state index in [0.717, 1.165) is 17.8 Å². The van der Waals surface area contributed by atoms with Crippen LogP contribution in [0.2, 0.25) is 0 Å². The molecule has 5 rings (SSSR count). The van der Waals surface area contributed by atoms with Gasteiger partial charge in [0.05, 0.1) is 30.4 Å². The van der Waals surface area contributed by atoms with Crippen molar-refractivity contribution in [2.75, 3.05) is 18.6 Å². The molecule has 0 spiro atoms. The van der Waals surface area contributed by atoms with E-state index in [-0.39, 0.29) is 11.4 Å². The van der Waals surface area contributed by atoms with Gasteiger partial charge in [-0.3, -0.25) is 0 Å². The number of aromatic nitrogens is 6. The van der Waals surface area contributed by atoms with Gasteiger partial charge in [0.1, 0.15) is 17.4 Å². The molecule has 1 aliphatic rings. The fraction of sp³-hybridized carbons (Fsp3) is 0.211. The fourth-order valence-corrected chi connectivity index (χ4v) is 3.62. The third-order valence-electron chi connectivity index (χ3n) is 4.99. The van der Waals surface area contributed by atoms with E-state index in [2.05, 4.69) is 25.0 Å². The minimum atomic E-state index is -0.503. The predicted molar refractivity (Wildman–Crippen MR) is 100 cm³/mol. The number of nitrogens with zero attached hydrogens (tertiary/aromatic N) is 6. The first-order valence-corrected chi connectivity index (χ1v) is 8.98. The van der Waals surface area contributed by atoms with Crippen LogP contribution in [0.15, 0.2) is 43.1 Å². The van der Waals surface area contributed by atoms with Gasteiger partial charge in [-0.15, -0.1) is 0 Å². The summed E-state index contributed by atoms with van der Waals surface area (Å²) in [4.78, 5) is 29.9. The molecule has 29 heavy (non-hydrogen) atoms. The van der Waals surface area contributed by atoms with Crippen molar-refractivity contribution in [2.45, 2.75) is 12.5 Å². The molecule has 1 N–H and O–H groups in total. The lowest BCUT2D eigenvalue weighted by molar-refractivity contribution is 0.0599. The molecule has 0 saturated heterocycles. The number of pyridine rings is 1. The molecule has 4 aromatic rings. The SMILES string of the molecule is COC(=O)c1cnc(N2CCc3[nH]cnc3C2c2cc3c(F)cccn3n2)nc1. The number of fused-ring (bicyclic) bond motifs is 2. The van der Waals surface area contributed by atoms with Gasteiger partial charge in [-0.25, -0.2) is 28.7 Å². The van der Waals surface area contributed by atoms with Gasteiger partial charge in [0.15, 0.2) is 0 Å². The standard InChI is InChI=1S/C19H16FN7O2/c1-29-18(28)11-8-21-19(22-9-11)26-6-4-13-16(24-10-23-13)17(26)14-7-15-12(20)3-2-5-27(15)25-14/h2-3,5,7-10,17H,4,6H2,1H3,(H,23,24). The third kappa shape index (κ3) is 2.80. The van der Waals surface area contributed by atoms with E-state index in [4.69, 9.17) is 4.74 Å². The Balaban J connectivity index is 1.60. The lowest BCUT2D eigenvalue weighted by Crippen LogP contribution is -2.37. The fourth-order valence-electron chi connectivity index (χ4n) is 3.62. The molecule has 0 aromatic carbocycles. The highest BCUT2D eigenvalue weighted by Gasteiger charge is 2.34. The molecule has 0 bridgehead atoms. The average Bonchev–Trinajstić information content (AvgIpc) is 3.40. The number of methoxy groups -OCH3 is 1. The Labute approximate surface area is 164 Å². The average molecular weight is 393 g/mol. The Hall–Kier alpha value is -3.82. The molecule has 1 aliphatic heterocycles. The second-order valence-corrected chi connectivity index (χ2v) is 6.63. The first kappa shape index (κ1) is 17.3. The molecular weight excluding hydrogens is 377 g/mol. The molecule has 0 amide bonds. The lowest BCUT2D eigenvalue weighted by Gasteiger charge is -2.33. The molecule has 0 aliphatic carbocycles. The minimum absolute atomic E-state index is 0.264. The second kappa shape index (κ2) is 6.66. The number of carbonyl (C=O) groups excluding carboxylic acids is 1. The van der Waals surface area contributed by atoms with E-state index in [1.165, 1.54) is 30.1 Å². The van der Waals surface area contributed by atoms with Crippen molar-refractivity contribution >= 4 is 17.4 Å². The second-order valence-electron chi connectivity index (χ2n) is 6.63. The van der Waals surface area contributed by atoms with Gasteiger partial charge >= 0.3 is 5.97 Å². The number of hydrogen-bond acceptors (Lipinski definition) is 7. The van der Waals surface area contributed by atoms with Gasteiger partial charge in [-0.2, -0.15) is 5.10 Å². The lowest BCUT2D eigenvalue weighted by atomic mass is 10.00. The quantitative estimate of drug-likeness (QED) is 0.531. The largest absolute Gasteiger partial charge is 0.465 e. The van der Waals surface area contributed by atoms with Gasteiger partial charge < -0.3 is 14.6 Å². The maximum Gasteiger partial charge on any atom is 0.341 e. The maximum atomic E-state index is 14.2. The van der Waals surface area contributed by atoms with Crippen molar-refractivity contribution in [3.63, 3.8) is 0 Å². The van der Waals surface area contributed by atoms with Crippen molar-refractivity contribution in [1.29, 1.82) is 0 Å². The van der Waals surface area contributed by atoms with Crippen LogP contribution in [0.3, 0.4) is 0 Å². The van der Waals surface area contributed by atoms with Gasteiger partial charge in [0, 0.05) is 37.3 Å². The third-order valence-corrected chi connectivity index (χ3v) is 4.99. The topological polar surface area (TPSA) is 101 Å². The molecule has 1 unspecified atom stereocenters.